The fourth-order valence-electron chi connectivity index (χ4n) is 4.25. The molecule has 0 saturated carbocycles. The summed E-state index contributed by atoms with van der Waals surface area (Å²) < 4.78 is 5.28. The lowest BCUT2D eigenvalue weighted by atomic mass is 9.93. The minimum Gasteiger partial charge on any atom is -0.480 e. The molecular weight excluding hydrogens is 526 g/mol. The van der Waals surface area contributed by atoms with Crippen molar-refractivity contribution in [2.24, 2.45) is 10.9 Å². The van der Waals surface area contributed by atoms with Crippen molar-refractivity contribution in [3.8, 4) is 11.1 Å². The predicted molar refractivity (Wildman–Crippen MR) is 147 cm³/mol. The van der Waals surface area contributed by atoms with Gasteiger partial charge in [0.15, 0.2) is 5.78 Å². The first kappa shape index (κ1) is 27.2. The number of aliphatic carboxylic acids is 1. The number of thioether (sulfide) groups is 1. The molecule has 0 saturated heterocycles. The number of Topliss-reactive ketones (excluding diaryl/α,β-unsaturated/α-hetero) is 1. The highest BCUT2D eigenvalue weighted by Crippen LogP contribution is 2.44. The molecule has 2 heterocycles. The Morgan fingerprint density at radius 3 is 2.08 bits per heavy atom. The Morgan fingerprint density at radius 1 is 0.895 bits per heavy atom. The monoisotopic (exact) mass is 549 g/mol. The highest BCUT2D eigenvalue weighted by molar-refractivity contribution is 8.18. The SMILES string of the molecule is CC1=C(c2ccccc2)C(C(=O)O)C(=NC(=O)COCC(=O)c2sc(C)c(-c3ccccc3)c2C(=O)O)S1. The molecule has 0 radical (unpaired) electrons. The van der Waals surface area contributed by atoms with Crippen LogP contribution < -0.4 is 0 Å². The Hall–Kier alpha value is -3.86. The number of aryl methyl sites for hydroxylation is 1. The van der Waals surface area contributed by atoms with Gasteiger partial charge in [0.05, 0.1) is 10.4 Å². The number of carbonyl (C=O) groups excluding carboxylic acids is 2. The molecule has 1 aromatic heterocycles. The maximum Gasteiger partial charge on any atom is 0.337 e. The number of benzene rings is 2. The molecule has 10 heteroatoms. The molecule has 194 valence electrons. The zero-order valence-corrected chi connectivity index (χ0v) is 22.1. The van der Waals surface area contributed by atoms with E-state index in [1.165, 1.54) is 0 Å². The molecule has 0 bridgehead atoms. The van der Waals surface area contributed by atoms with Crippen LogP contribution in [0, 0.1) is 12.8 Å². The number of carbonyl (C=O) groups is 4. The molecule has 2 aromatic carbocycles. The number of hydrogen-bond donors (Lipinski definition) is 2. The predicted octanol–water partition coefficient (Wildman–Crippen LogP) is 5.42. The van der Waals surface area contributed by atoms with Gasteiger partial charge in [-0.05, 0) is 35.5 Å². The standard InChI is InChI=1S/C28H23NO7S2/c1-15-21(17-9-5-3-6-10-17)23(27(32)33)25(37-15)19(30)13-36-14-20(31)29-26-24(28(34)35)22(16(2)38-26)18-11-7-4-8-12-18/h3-12,24H,13-14H2,1-2H3,(H,32,33)(H,34,35). The number of allylic oxidation sites excluding steroid dienone is 1. The van der Waals surface area contributed by atoms with E-state index in [2.05, 4.69) is 4.99 Å². The van der Waals surface area contributed by atoms with E-state index in [4.69, 9.17) is 4.74 Å². The van der Waals surface area contributed by atoms with Crippen molar-refractivity contribution < 1.29 is 34.1 Å². The number of carboxylic acid groups (broad SMARTS) is 2. The zero-order valence-electron chi connectivity index (χ0n) is 20.5. The molecule has 1 aliphatic rings. The molecule has 0 fully saturated rings. The highest BCUT2D eigenvalue weighted by Gasteiger charge is 2.37. The van der Waals surface area contributed by atoms with E-state index >= 15 is 0 Å². The lowest BCUT2D eigenvalue weighted by Crippen LogP contribution is -2.22. The molecule has 0 spiro atoms. The first-order valence-corrected chi connectivity index (χ1v) is 13.1. The first-order valence-electron chi connectivity index (χ1n) is 11.5. The second kappa shape index (κ2) is 11.7. The molecule has 38 heavy (non-hydrogen) atoms. The topological polar surface area (TPSA) is 130 Å². The Labute approximate surface area is 226 Å². The van der Waals surface area contributed by atoms with Crippen molar-refractivity contribution in [3.63, 3.8) is 0 Å². The molecule has 1 unspecified atom stereocenters. The van der Waals surface area contributed by atoms with Crippen LogP contribution in [0.4, 0.5) is 0 Å². The van der Waals surface area contributed by atoms with Crippen molar-refractivity contribution in [2.75, 3.05) is 13.2 Å². The number of amides is 1. The summed E-state index contributed by atoms with van der Waals surface area (Å²) in [5, 5.41) is 19.8. The van der Waals surface area contributed by atoms with Gasteiger partial charge in [-0.3, -0.25) is 14.4 Å². The minimum atomic E-state index is -1.23. The van der Waals surface area contributed by atoms with Gasteiger partial charge in [-0.1, -0.05) is 72.4 Å². The van der Waals surface area contributed by atoms with Crippen LogP contribution in [0.2, 0.25) is 0 Å². The van der Waals surface area contributed by atoms with Crippen molar-refractivity contribution in [1.82, 2.24) is 0 Å². The quantitative estimate of drug-likeness (QED) is 0.338. The summed E-state index contributed by atoms with van der Waals surface area (Å²) in [7, 11) is 0. The minimum absolute atomic E-state index is 0.0391. The molecular formula is C28H23NO7S2. The van der Waals surface area contributed by atoms with Gasteiger partial charge in [0.1, 0.15) is 24.2 Å². The number of rotatable bonds is 9. The van der Waals surface area contributed by atoms with Crippen LogP contribution in [0.1, 0.15) is 37.4 Å². The average molecular weight is 550 g/mol. The summed E-state index contributed by atoms with van der Waals surface area (Å²) in [4.78, 5) is 54.9. The fourth-order valence-corrected chi connectivity index (χ4v) is 6.49. The van der Waals surface area contributed by atoms with Crippen LogP contribution in [-0.4, -0.2) is 52.1 Å². The van der Waals surface area contributed by atoms with E-state index < -0.39 is 42.8 Å². The zero-order chi connectivity index (χ0) is 27.4. The second-order valence-corrected chi connectivity index (χ2v) is 10.8. The van der Waals surface area contributed by atoms with E-state index in [-0.39, 0.29) is 15.5 Å². The van der Waals surface area contributed by atoms with Crippen LogP contribution in [0.5, 0.6) is 0 Å². The third-order valence-electron chi connectivity index (χ3n) is 5.81. The largest absolute Gasteiger partial charge is 0.480 e. The lowest BCUT2D eigenvalue weighted by molar-refractivity contribution is -0.137. The Morgan fingerprint density at radius 2 is 1.50 bits per heavy atom. The van der Waals surface area contributed by atoms with Crippen molar-refractivity contribution >= 4 is 57.3 Å². The van der Waals surface area contributed by atoms with E-state index in [0.29, 0.717) is 21.6 Å². The summed E-state index contributed by atoms with van der Waals surface area (Å²) in [6.07, 6.45) is 0. The van der Waals surface area contributed by atoms with Gasteiger partial charge in [0.25, 0.3) is 5.91 Å². The van der Waals surface area contributed by atoms with Crippen LogP contribution >= 0.6 is 23.1 Å². The molecule has 4 rings (SSSR count). The Bertz CT molecular complexity index is 1470. The summed E-state index contributed by atoms with van der Waals surface area (Å²) in [6, 6.07) is 18.0. The van der Waals surface area contributed by atoms with Gasteiger partial charge in [0, 0.05) is 10.4 Å². The average Bonchev–Trinajstić information content (AvgIpc) is 3.41. The number of ether oxygens (including phenoxy) is 1. The van der Waals surface area contributed by atoms with Crippen molar-refractivity contribution in [3.05, 3.63) is 86.5 Å². The van der Waals surface area contributed by atoms with E-state index in [1.807, 2.05) is 12.1 Å². The smallest absolute Gasteiger partial charge is 0.337 e. The molecule has 8 nitrogen and oxygen atoms in total. The molecule has 1 amide bonds. The summed E-state index contributed by atoms with van der Waals surface area (Å²) in [6.45, 7) is 2.44. The maximum atomic E-state index is 12.9. The van der Waals surface area contributed by atoms with Gasteiger partial charge in [0.2, 0.25) is 0 Å². The van der Waals surface area contributed by atoms with Crippen LogP contribution in [0.25, 0.3) is 16.7 Å². The number of nitrogens with zero attached hydrogens (tertiary/aromatic N) is 1. The van der Waals surface area contributed by atoms with E-state index in [9.17, 15) is 29.4 Å². The number of thiophene rings is 1. The van der Waals surface area contributed by atoms with E-state index in [0.717, 1.165) is 33.6 Å². The Balaban J connectivity index is 1.46. The molecule has 2 N–H and O–H groups in total. The van der Waals surface area contributed by atoms with Crippen LogP contribution in [-0.2, 0) is 14.3 Å². The van der Waals surface area contributed by atoms with Crippen LogP contribution in [0.3, 0.4) is 0 Å². The second-order valence-electron chi connectivity index (χ2n) is 8.38. The molecule has 0 aliphatic carbocycles. The van der Waals surface area contributed by atoms with Crippen molar-refractivity contribution in [1.29, 1.82) is 0 Å². The normalized spacial score (nSPS) is 16.2. The van der Waals surface area contributed by atoms with Gasteiger partial charge < -0.3 is 14.9 Å². The maximum absolute atomic E-state index is 12.9. The van der Waals surface area contributed by atoms with Gasteiger partial charge in [-0.15, -0.1) is 11.3 Å². The third kappa shape index (κ3) is 5.67. The molecule has 1 aliphatic heterocycles. The van der Waals surface area contributed by atoms with Crippen LogP contribution in [0.15, 0.2) is 70.6 Å². The third-order valence-corrected chi connectivity index (χ3v) is 8.02. The van der Waals surface area contributed by atoms with E-state index in [1.54, 1.807) is 62.4 Å². The van der Waals surface area contributed by atoms with Gasteiger partial charge in [-0.2, -0.15) is 0 Å². The first-order chi connectivity index (χ1) is 18.2. The fraction of sp³-hybridized carbons (Fsp3) is 0.179. The Kier molecular flexibility index (Phi) is 8.35. The number of ketones is 1. The lowest BCUT2D eigenvalue weighted by Gasteiger charge is -2.11. The van der Waals surface area contributed by atoms with Gasteiger partial charge >= 0.3 is 11.9 Å². The van der Waals surface area contributed by atoms with Gasteiger partial charge in [-0.25, -0.2) is 9.79 Å². The summed E-state index contributed by atoms with van der Waals surface area (Å²) in [5.74, 6) is -4.75. The summed E-state index contributed by atoms with van der Waals surface area (Å²) >= 11 is 2.18. The molecule has 1 atom stereocenters. The summed E-state index contributed by atoms with van der Waals surface area (Å²) in [5.41, 5.74) is 2.38. The highest BCUT2D eigenvalue weighted by atomic mass is 32.2. The molecule has 3 aromatic rings. The number of aromatic carboxylic acids is 1. The van der Waals surface area contributed by atoms with Crippen molar-refractivity contribution in [2.45, 2.75) is 13.8 Å². The number of hydrogen-bond acceptors (Lipinski definition) is 7. The number of aliphatic imine (C=N–C) groups is 1. The number of carboxylic acids is 2.